The molecule has 1 rings (SSSR count). The van der Waals surface area contributed by atoms with E-state index in [0.717, 1.165) is 5.56 Å². The lowest BCUT2D eigenvalue weighted by Crippen LogP contribution is -2.41. The molecule has 20 heavy (non-hydrogen) atoms. The minimum atomic E-state index is -3.06. The van der Waals surface area contributed by atoms with Gasteiger partial charge in [0.25, 0.3) is 5.92 Å². The van der Waals surface area contributed by atoms with Crippen molar-refractivity contribution in [1.82, 2.24) is 5.32 Å². The molecule has 0 spiro atoms. The zero-order valence-corrected chi connectivity index (χ0v) is 12.0. The molecular formula is C13H19ClF2N2O2. The van der Waals surface area contributed by atoms with E-state index in [-0.39, 0.29) is 25.4 Å². The van der Waals surface area contributed by atoms with Gasteiger partial charge in [0.2, 0.25) is 5.91 Å². The van der Waals surface area contributed by atoms with Crippen LogP contribution in [0.3, 0.4) is 0 Å². The molecule has 0 saturated carbocycles. The van der Waals surface area contributed by atoms with Crippen molar-refractivity contribution in [2.24, 2.45) is 5.73 Å². The lowest BCUT2D eigenvalue weighted by molar-refractivity contribution is -0.123. The number of amides is 1. The van der Waals surface area contributed by atoms with Gasteiger partial charge in [-0.25, -0.2) is 8.78 Å². The van der Waals surface area contributed by atoms with Gasteiger partial charge in [-0.05, 0) is 24.6 Å². The fourth-order valence-corrected chi connectivity index (χ4v) is 1.36. The smallest absolute Gasteiger partial charge is 0.277 e. The Morgan fingerprint density at radius 3 is 2.75 bits per heavy atom. The zero-order chi connectivity index (χ0) is 14.3. The molecule has 0 fully saturated rings. The highest BCUT2D eigenvalue weighted by atomic mass is 35.5. The van der Waals surface area contributed by atoms with E-state index in [0.29, 0.717) is 5.75 Å². The van der Waals surface area contributed by atoms with Crippen LogP contribution in [0.2, 0.25) is 0 Å². The van der Waals surface area contributed by atoms with E-state index in [9.17, 15) is 13.6 Å². The molecule has 1 aromatic rings. The van der Waals surface area contributed by atoms with E-state index in [1.807, 2.05) is 25.1 Å². The van der Waals surface area contributed by atoms with Crippen molar-refractivity contribution in [1.29, 1.82) is 0 Å². The number of carbonyl (C=O) groups is 1. The van der Waals surface area contributed by atoms with Crippen LogP contribution >= 0.6 is 12.4 Å². The average Bonchev–Trinajstić information content (AvgIpc) is 2.37. The quantitative estimate of drug-likeness (QED) is 0.808. The summed E-state index contributed by atoms with van der Waals surface area (Å²) in [6.45, 7) is 0.539. The Kier molecular flexibility index (Phi) is 8.10. The molecule has 0 aliphatic heterocycles. The number of hydrogen-bond acceptors (Lipinski definition) is 3. The first kappa shape index (κ1) is 18.6. The monoisotopic (exact) mass is 308 g/mol. The Hall–Kier alpha value is -1.40. The van der Waals surface area contributed by atoms with Gasteiger partial charge in [0, 0.05) is 0 Å². The van der Waals surface area contributed by atoms with Crippen LogP contribution in [0.15, 0.2) is 24.3 Å². The molecule has 114 valence electrons. The van der Waals surface area contributed by atoms with Crippen molar-refractivity contribution in [2.75, 3.05) is 19.7 Å². The Morgan fingerprint density at radius 1 is 1.45 bits per heavy atom. The standard InChI is InChI=1S/C13H18F2N2O2.ClH/c1-10-3-2-4-11(7-10)19-6-5-12(18)17-9-13(14,15)8-16;/h2-4,7H,5-6,8-9,16H2,1H3,(H,17,18);1H. The minimum Gasteiger partial charge on any atom is -0.493 e. The SMILES string of the molecule is Cc1cccc(OCCC(=O)NCC(F)(F)CN)c1.Cl. The number of hydrogen-bond donors (Lipinski definition) is 2. The summed E-state index contributed by atoms with van der Waals surface area (Å²) in [5.41, 5.74) is 5.90. The molecule has 0 unspecified atom stereocenters. The van der Waals surface area contributed by atoms with Gasteiger partial charge in [-0.2, -0.15) is 0 Å². The molecule has 0 heterocycles. The molecule has 1 aromatic carbocycles. The number of ether oxygens (including phenoxy) is 1. The summed E-state index contributed by atoms with van der Waals surface area (Å²) in [5, 5.41) is 2.12. The minimum absolute atomic E-state index is 0. The summed E-state index contributed by atoms with van der Waals surface area (Å²) in [6.07, 6.45) is 0.0224. The largest absolute Gasteiger partial charge is 0.493 e. The average molecular weight is 309 g/mol. The van der Waals surface area contributed by atoms with Crippen LogP contribution in [0.5, 0.6) is 5.75 Å². The van der Waals surface area contributed by atoms with E-state index in [1.54, 1.807) is 6.07 Å². The first-order valence-electron chi connectivity index (χ1n) is 5.97. The molecule has 0 saturated heterocycles. The number of halogens is 3. The Labute approximate surface area is 123 Å². The summed E-state index contributed by atoms with van der Waals surface area (Å²) in [5.74, 6) is -2.89. The zero-order valence-electron chi connectivity index (χ0n) is 11.2. The molecule has 1 amide bonds. The van der Waals surface area contributed by atoms with Crippen molar-refractivity contribution in [3.63, 3.8) is 0 Å². The van der Waals surface area contributed by atoms with Gasteiger partial charge in [-0.15, -0.1) is 12.4 Å². The summed E-state index contributed by atoms with van der Waals surface area (Å²) in [7, 11) is 0. The molecule has 0 radical (unpaired) electrons. The van der Waals surface area contributed by atoms with Crippen LogP contribution in [0.4, 0.5) is 8.78 Å². The maximum Gasteiger partial charge on any atom is 0.277 e. The number of nitrogens with one attached hydrogen (secondary N) is 1. The second-order valence-electron chi connectivity index (χ2n) is 4.25. The molecule has 7 heteroatoms. The predicted octanol–water partition coefficient (Wildman–Crippen LogP) is 1.90. The Bertz CT molecular complexity index is 431. The topological polar surface area (TPSA) is 64.3 Å². The van der Waals surface area contributed by atoms with Gasteiger partial charge in [0.1, 0.15) is 5.75 Å². The normalized spacial score (nSPS) is 10.6. The van der Waals surface area contributed by atoms with Crippen molar-refractivity contribution < 1.29 is 18.3 Å². The third-order valence-electron chi connectivity index (χ3n) is 2.43. The second-order valence-corrected chi connectivity index (χ2v) is 4.25. The van der Waals surface area contributed by atoms with Crippen molar-refractivity contribution >= 4 is 18.3 Å². The van der Waals surface area contributed by atoms with Gasteiger partial charge in [-0.1, -0.05) is 12.1 Å². The Morgan fingerprint density at radius 2 is 2.15 bits per heavy atom. The molecule has 0 aliphatic carbocycles. The summed E-state index contributed by atoms with van der Waals surface area (Å²) < 4.78 is 30.9. The van der Waals surface area contributed by atoms with Gasteiger partial charge in [0.05, 0.1) is 26.1 Å². The van der Waals surface area contributed by atoms with Crippen molar-refractivity contribution in [3.8, 4) is 5.75 Å². The fourth-order valence-electron chi connectivity index (χ4n) is 1.36. The third kappa shape index (κ3) is 7.25. The fraction of sp³-hybridized carbons (Fsp3) is 0.462. The number of aryl methyl sites for hydroxylation is 1. The van der Waals surface area contributed by atoms with Crippen LogP contribution in [0.25, 0.3) is 0 Å². The van der Waals surface area contributed by atoms with Crippen LogP contribution in [-0.4, -0.2) is 31.5 Å². The van der Waals surface area contributed by atoms with Crippen LogP contribution in [0.1, 0.15) is 12.0 Å². The Balaban J connectivity index is 0.00000361. The lowest BCUT2D eigenvalue weighted by Gasteiger charge is -2.14. The molecule has 0 aliphatic rings. The van der Waals surface area contributed by atoms with Gasteiger partial charge >= 0.3 is 0 Å². The van der Waals surface area contributed by atoms with E-state index in [2.05, 4.69) is 5.32 Å². The van der Waals surface area contributed by atoms with Gasteiger partial charge in [0.15, 0.2) is 0 Å². The van der Waals surface area contributed by atoms with E-state index >= 15 is 0 Å². The van der Waals surface area contributed by atoms with E-state index in [4.69, 9.17) is 10.5 Å². The maximum atomic E-state index is 12.8. The number of benzene rings is 1. The molecule has 0 atom stereocenters. The summed E-state index contributed by atoms with van der Waals surface area (Å²) in [4.78, 5) is 11.3. The number of alkyl halides is 2. The van der Waals surface area contributed by atoms with E-state index in [1.165, 1.54) is 0 Å². The number of rotatable bonds is 7. The second kappa shape index (κ2) is 8.71. The first-order valence-corrected chi connectivity index (χ1v) is 5.97. The van der Waals surface area contributed by atoms with Crippen LogP contribution in [-0.2, 0) is 4.79 Å². The van der Waals surface area contributed by atoms with E-state index < -0.39 is 24.9 Å². The maximum absolute atomic E-state index is 12.8. The van der Waals surface area contributed by atoms with Gasteiger partial charge in [-0.3, -0.25) is 4.79 Å². The lowest BCUT2D eigenvalue weighted by atomic mass is 10.2. The highest BCUT2D eigenvalue weighted by Crippen LogP contribution is 2.12. The first-order chi connectivity index (χ1) is 8.93. The third-order valence-corrected chi connectivity index (χ3v) is 2.43. The molecule has 4 nitrogen and oxygen atoms in total. The number of nitrogens with two attached hydrogens (primary N) is 1. The van der Waals surface area contributed by atoms with Crippen LogP contribution < -0.4 is 15.8 Å². The highest BCUT2D eigenvalue weighted by Gasteiger charge is 2.26. The van der Waals surface area contributed by atoms with Crippen LogP contribution in [0, 0.1) is 6.92 Å². The predicted molar refractivity (Wildman–Crippen MR) is 75.6 cm³/mol. The van der Waals surface area contributed by atoms with Gasteiger partial charge < -0.3 is 15.8 Å². The molecule has 3 N–H and O–H groups in total. The summed E-state index contributed by atoms with van der Waals surface area (Å²) in [6, 6.07) is 7.37. The molecule has 0 bridgehead atoms. The molecular weight excluding hydrogens is 290 g/mol. The highest BCUT2D eigenvalue weighted by molar-refractivity contribution is 5.85. The summed E-state index contributed by atoms with van der Waals surface area (Å²) >= 11 is 0. The van der Waals surface area contributed by atoms with Crippen molar-refractivity contribution in [3.05, 3.63) is 29.8 Å². The molecule has 0 aromatic heterocycles. The number of carbonyl (C=O) groups excluding carboxylic acids is 1. The van der Waals surface area contributed by atoms with Crippen molar-refractivity contribution in [2.45, 2.75) is 19.3 Å².